The van der Waals surface area contributed by atoms with Crippen molar-refractivity contribution in [3.05, 3.63) is 0 Å². The molecule has 1 unspecified atom stereocenters. The van der Waals surface area contributed by atoms with Crippen molar-refractivity contribution in [3.8, 4) is 0 Å². The number of hydrogen-bond acceptors (Lipinski definition) is 1. The van der Waals surface area contributed by atoms with Crippen LogP contribution < -0.4 is 5.32 Å². The lowest BCUT2D eigenvalue weighted by molar-refractivity contribution is -0.143. The Morgan fingerprint density at radius 1 is 1.73 bits per heavy atom. The van der Waals surface area contributed by atoms with Gasteiger partial charge in [-0.3, -0.25) is 4.79 Å². The van der Waals surface area contributed by atoms with Crippen LogP contribution in [-0.2, 0) is 4.79 Å². The van der Waals surface area contributed by atoms with Crippen LogP contribution in [-0.4, -0.2) is 23.8 Å². The van der Waals surface area contributed by atoms with Gasteiger partial charge in [-0.15, -0.1) is 11.6 Å². The summed E-state index contributed by atoms with van der Waals surface area (Å²) in [6.07, 6.45) is 0. The number of alkyl halides is 3. The van der Waals surface area contributed by atoms with Crippen molar-refractivity contribution in [1.29, 1.82) is 0 Å². The molecule has 1 atom stereocenters. The molecule has 0 aliphatic rings. The normalized spacial score (nSPS) is 14.3. The van der Waals surface area contributed by atoms with Gasteiger partial charge in [-0.1, -0.05) is 0 Å². The highest BCUT2D eigenvalue weighted by Gasteiger charge is 2.32. The minimum absolute atomic E-state index is 0.127. The second-order valence-corrected chi connectivity index (χ2v) is 2.73. The molecule has 2 nitrogen and oxygen atoms in total. The van der Waals surface area contributed by atoms with Crippen LogP contribution in [0, 0.1) is 0 Å². The smallest absolute Gasteiger partial charge is 0.321 e. The van der Waals surface area contributed by atoms with Gasteiger partial charge in [0.25, 0.3) is 5.91 Å². The highest BCUT2D eigenvalue weighted by molar-refractivity contribution is 6.18. The van der Waals surface area contributed by atoms with Crippen LogP contribution in [0.4, 0.5) is 8.78 Å². The molecule has 0 bridgehead atoms. The van der Waals surface area contributed by atoms with E-state index in [0.29, 0.717) is 6.92 Å². The SMILES string of the molecule is CC(CCl)NC(=O)C(C)(F)F. The lowest BCUT2D eigenvalue weighted by Crippen LogP contribution is -2.43. The molecule has 0 aromatic heterocycles. The molecule has 0 spiro atoms. The molecule has 0 aliphatic carbocycles. The summed E-state index contributed by atoms with van der Waals surface area (Å²) < 4.78 is 24.3. The number of carbonyl (C=O) groups is 1. The fraction of sp³-hybridized carbons (Fsp3) is 0.833. The largest absolute Gasteiger partial charge is 0.347 e. The third kappa shape index (κ3) is 4.14. The maximum absolute atomic E-state index is 12.2. The summed E-state index contributed by atoms with van der Waals surface area (Å²) in [7, 11) is 0. The highest BCUT2D eigenvalue weighted by Crippen LogP contribution is 2.11. The van der Waals surface area contributed by atoms with E-state index in [1.54, 1.807) is 6.92 Å². The Kier molecular flexibility index (Phi) is 3.72. The Bertz CT molecular complexity index is 146. The fourth-order valence-corrected chi connectivity index (χ4v) is 0.466. The van der Waals surface area contributed by atoms with Crippen molar-refractivity contribution in [1.82, 2.24) is 5.32 Å². The summed E-state index contributed by atoms with van der Waals surface area (Å²) >= 11 is 5.29. The molecule has 0 aliphatic heterocycles. The Morgan fingerprint density at radius 3 is 2.45 bits per heavy atom. The predicted molar refractivity (Wildman–Crippen MR) is 38.9 cm³/mol. The zero-order valence-corrected chi connectivity index (χ0v) is 7.08. The van der Waals surface area contributed by atoms with Crippen LogP contribution in [0.1, 0.15) is 13.8 Å². The van der Waals surface area contributed by atoms with Gasteiger partial charge in [0.15, 0.2) is 0 Å². The average molecular weight is 186 g/mol. The molecule has 66 valence electrons. The van der Waals surface area contributed by atoms with Gasteiger partial charge >= 0.3 is 5.92 Å². The van der Waals surface area contributed by atoms with E-state index in [1.807, 2.05) is 5.32 Å². The molecule has 0 rings (SSSR count). The van der Waals surface area contributed by atoms with E-state index >= 15 is 0 Å². The summed E-state index contributed by atoms with van der Waals surface area (Å²) in [5.74, 6) is -4.48. The topological polar surface area (TPSA) is 29.1 Å². The monoisotopic (exact) mass is 185 g/mol. The van der Waals surface area contributed by atoms with Crippen LogP contribution in [0.2, 0.25) is 0 Å². The minimum Gasteiger partial charge on any atom is -0.347 e. The molecule has 0 radical (unpaired) electrons. The summed E-state index contributed by atoms with van der Waals surface area (Å²) in [4.78, 5) is 10.5. The molecule has 5 heteroatoms. The number of nitrogens with one attached hydrogen (secondary N) is 1. The standard InChI is InChI=1S/C6H10ClF2NO/c1-4(3-7)10-5(11)6(2,8)9/h4H,3H2,1-2H3,(H,10,11). The Labute approximate surface area is 68.9 Å². The van der Waals surface area contributed by atoms with Crippen molar-refractivity contribution < 1.29 is 13.6 Å². The van der Waals surface area contributed by atoms with Crippen molar-refractivity contribution in [2.45, 2.75) is 25.8 Å². The summed E-state index contributed by atoms with van der Waals surface area (Å²) in [6.45, 7) is 2.10. The predicted octanol–water partition coefficient (Wildman–Crippen LogP) is 1.39. The number of halogens is 3. The van der Waals surface area contributed by atoms with Crippen LogP contribution in [0.5, 0.6) is 0 Å². The van der Waals surface area contributed by atoms with Crippen molar-refractivity contribution in [3.63, 3.8) is 0 Å². The van der Waals surface area contributed by atoms with Crippen LogP contribution >= 0.6 is 11.6 Å². The van der Waals surface area contributed by atoms with E-state index in [4.69, 9.17) is 11.6 Å². The number of hydrogen-bond donors (Lipinski definition) is 1. The zero-order chi connectivity index (χ0) is 9.07. The van der Waals surface area contributed by atoms with Gasteiger partial charge in [0.05, 0.1) is 0 Å². The molecule has 1 amide bonds. The van der Waals surface area contributed by atoms with Gasteiger partial charge in [-0.25, -0.2) is 0 Å². The molecule has 11 heavy (non-hydrogen) atoms. The van der Waals surface area contributed by atoms with Crippen LogP contribution in [0.3, 0.4) is 0 Å². The van der Waals surface area contributed by atoms with Gasteiger partial charge in [0.1, 0.15) is 0 Å². The van der Waals surface area contributed by atoms with Gasteiger partial charge in [-0.05, 0) is 6.92 Å². The highest BCUT2D eigenvalue weighted by atomic mass is 35.5. The zero-order valence-electron chi connectivity index (χ0n) is 6.33. The first-order valence-corrected chi connectivity index (χ1v) is 3.66. The van der Waals surface area contributed by atoms with E-state index in [-0.39, 0.29) is 5.88 Å². The molecule has 1 N–H and O–H groups in total. The van der Waals surface area contributed by atoms with E-state index < -0.39 is 17.9 Å². The Balaban J connectivity index is 3.88. The molecule has 0 saturated carbocycles. The molecule has 0 aromatic rings. The van der Waals surface area contributed by atoms with Gasteiger partial charge < -0.3 is 5.32 Å². The summed E-state index contributed by atoms with van der Waals surface area (Å²) in [5, 5.41) is 2.05. The second-order valence-electron chi connectivity index (χ2n) is 2.42. The first-order chi connectivity index (χ1) is 4.88. The number of carbonyl (C=O) groups excluding carboxylic acids is 1. The average Bonchev–Trinajstić information content (AvgIpc) is 1.85. The molecule has 0 saturated heterocycles. The van der Waals surface area contributed by atoms with Gasteiger partial charge in [0, 0.05) is 18.8 Å². The first kappa shape index (κ1) is 10.6. The van der Waals surface area contributed by atoms with E-state index in [1.165, 1.54) is 0 Å². The molecule has 0 heterocycles. The molecular weight excluding hydrogens is 176 g/mol. The Hall–Kier alpha value is -0.380. The number of rotatable bonds is 3. The van der Waals surface area contributed by atoms with Crippen molar-refractivity contribution in [2.75, 3.05) is 5.88 Å². The maximum Gasteiger partial charge on any atom is 0.321 e. The fourth-order valence-electron chi connectivity index (χ4n) is 0.389. The third-order valence-electron chi connectivity index (χ3n) is 1.01. The number of amides is 1. The quantitative estimate of drug-likeness (QED) is 0.662. The second kappa shape index (κ2) is 3.85. The lowest BCUT2D eigenvalue weighted by atomic mass is 10.3. The van der Waals surface area contributed by atoms with Gasteiger partial charge in [0.2, 0.25) is 0 Å². The first-order valence-electron chi connectivity index (χ1n) is 3.12. The van der Waals surface area contributed by atoms with Crippen LogP contribution in [0.15, 0.2) is 0 Å². The third-order valence-corrected chi connectivity index (χ3v) is 1.47. The maximum atomic E-state index is 12.2. The van der Waals surface area contributed by atoms with Crippen molar-refractivity contribution >= 4 is 17.5 Å². The molecule has 0 fully saturated rings. The minimum atomic E-state index is -3.32. The van der Waals surface area contributed by atoms with Gasteiger partial charge in [-0.2, -0.15) is 8.78 Å². The Morgan fingerprint density at radius 2 is 2.18 bits per heavy atom. The van der Waals surface area contributed by atoms with E-state index in [9.17, 15) is 13.6 Å². The van der Waals surface area contributed by atoms with E-state index in [2.05, 4.69) is 0 Å². The summed E-state index contributed by atoms with van der Waals surface area (Å²) in [5.41, 5.74) is 0. The lowest BCUT2D eigenvalue weighted by Gasteiger charge is -2.14. The molecular formula is C6H10ClF2NO. The molecule has 0 aromatic carbocycles. The van der Waals surface area contributed by atoms with E-state index in [0.717, 1.165) is 0 Å². The van der Waals surface area contributed by atoms with Crippen molar-refractivity contribution in [2.24, 2.45) is 0 Å². The summed E-state index contributed by atoms with van der Waals surface area (Å²) in [6, 6.07) is -0.421. The van der Waals surface area contributed by atoms with Crippen LogP contribution in [0.25, 0.3) is 0 Å².